The second kappa shape index (κ2) is 6.30. The van der Waals surface area contributed by atoms with E-state index in [0.29, 0.717) is 5.02 Å². The molecule has 1 fully saturated rings. The highest BCUT2D eigenvalue weighted by Gasteiger charge is 2.52. The Morgan fingerprint density at radius 2 is 1.67 bits per heavy atom. The van der Waals surface area contributed by atoms with Crippen molar-refractivity contribution >= 4 is 17.4 Å². The van der Waals surface area contributed by atoms with Gasteiger partial charge in [0.05, 0.1) is 5.92 Å². The van der Waals surface area contributed by atoms with Gasteiger partial charge < -0.3 is 5.11 Å². The summed E-state index contributed by atoms with van der Waals surface area (Å²) in [6.07, 6.45) is 0.265. The summed E-state index contributed by atoms with van der Waals surface area (Å²) in [4.78, 5) is 23.1. The van der Waals surface area contributed by atoms with E-state index in [0.717, 1.165) is 11.1 Å². The fourth-order valence-corrected chi connectivity index (χ4v) is 3.30. The summed E-state index contributed by atoms with van der Waals surface area (Å²) in [6, 6.07) is 16.7. The second-order valence-electron chi connectivity index (χ2n) is 6.29. The third kappa shape index (κ3) is 2.98. The van der Waals surface area contributed by atoms with Crippen molar-refractivity contribution in [1.82, 2.24) is 0 Å². The van der Waals surface area contributed by atoms with E-state index in [4.69, 9.17) is 21.4 Å². The maximum atomic E-state index is 12.1. The van der Waals surface area contributed by atoms with Crippen molar-refractivity contribution < 1.29 is 19.7 Å². The molecule has 0 radical (unpaired) electrons. The molecule has 0 bridgehead atoms. The lowest BCUT2D eigenvalue weighted by atomic mass is 9.75. The fraction of sp³-hybridized carbons (Fsp3) is 0.316. The van der Waals surface area contributed by atoms with Crippen LogP contribution in [-0.4, -0.2) is 16.7 Å². The first kappa shape index (κ1) is 17.1. The number of hydrogen-bond donors (Lipinski definition) is 1. The van der Waals surface area contributed by atoms with E-state index in [9.17, 15) is 9.90 Å². The number of Topliss-reactive ketones (excluding diaryl/α,β-unsaturated/α-hetero) is 1. The molecule has 1 aliphatic rings. The average molecular weight is 347 g/mol. The Morgan fingerprint density at radius 1 is 1.08 bits per heavy atom. The Balaban J connectivity index is 2.14. The van der Waals surface area contributed by atoms with Crippen molar-refractivity contribution in [1.29, 1.82) is 0 Å². The van der Waals surface area contributed by atoms with Crippen LogP contribution in [0, 0.1) is 5.92 Å². The van der Waals surface area contributed by atoms with Crippen LogP contribution in [0.4, 0.5) is 0 Å². The lowest BCUT2D eigenvalue weighted by Crippen LogP contribution is -2.53. The van der Waals surface area contributed by atoms with Crippen LogP contribution in [0.1, 0.15) is 31.4 Å². The highest BCUT2D eigenvalue weighted by atomic mass is 35.5. The summed E-state index contributed by atoms with van der Waals surface area (Å²) in [6.45, 7) is 2.89. The van der Waals surface area contributed by atoms with Crippen molar-refractivity contribution in [3.63, 3.8) is 0 Å². The van der Waals surface area contributed by atoms with E-state index in [1.165, 1.54) is 13.8 Å². The first-order chi connectivity index (χ1) is 11.3. The van der Waals surface area contributed by atoms with Crippen molar-refractivity contribution in [2.75, 3.05) is 0 Å². The number of aliphatic hydroxyl groups is 1. The summed E-state index contributed by atoms with van der Waals surface area (Å²) >= 11 is 6.00. The summed E-state index contributed by atoms with van der Waals surface area (Å²) in [5.41, 5.74) is 0.652. The molecule has 0 aromatic heterocycles. The molecule has 126 valence electrons. The molecule has 5 heteroatoms. The van der Waals surface area contributed by atoms with E-state index in [-0.39, 0.29) is 12.2 Å². The van der Waals surface area contributed by atoms with Gasteiger partial charge in [0.2, 0.25) is 5.79 Å². The molecular weight excluding hydrogens is 328 g/mol. The first-order valence-corrected chi connectivity index (χ1v) is 8.14. The molecule has 4 nitrogen and oxygen atoms in total. The zero-order valence-electron chi connectivity index (χ0n) is 13.5. The highest BCUT2D eigenvalue weighted by molar-refractivity contribution is 6.30. The number of carbonyl (C=O) groups is 1. The Kier molecular flexibility index (Phi) is 4.49. The SMILES string of the molecule is CC(=O)C1CC(c2ccccc2)(c2ccc(Cl)cc2)OOC1(C)O. The molecule has 0 amide bonds. The minimum absolute atomic E-state index is 0.155. The van der Waals surface area contributed by atoms with E-state index in [1.807, 2.05) is 42.5 Å². The number of rotatable bonds is 3. The van der Waals surface area contributed by atoms with E-state index in [1.54, 1.807) is 12.1 Å². The number of benzene rings is 2. The van der Waals surface area contributed by atoms with Crippen LogP contribution in [0.2, 0.25) is 5.02 Å². The van der Waals surface area contributed by atoms with Gasteiger partial charge in [-0.05, 0) is 37.1 Å². The van der Waals surface area contributed by atoms with E-state index >= 15 is 0 Å². The Morgan fingerprint density at radius 3 is 2.25 bits per heavy atom. The van der Waals surface area contributed by atoms with Crippen LogP contribution in [0.15, 0.2) is 54.6 Å². The monoisotopic (exact) mass is 346 g/mol. The molecule has 2 aromatic carbocycles. The Labute approximate surface area is 145 Å². The molecule has 24 heavy (non-hydrogen) atoms. The van der Waals surface area contributed by atoms with Gasteiger partial charge in [-0.3, -0.25) is 4.79 Å². The molecule has 3 unspecified atom stereocenters. The predicted octanol–water partition coefficient (Wildman–Crippen LogP) is 3.85. The molecule has 1 N–H and O–H groups in total. The summed E-state index contributed by atoms with van der Waals surface area (Å²) in [5.74, 6) is -2.55. The number of carbonyl (C=O) groups excluding carboxylic acids is 1. The number of ketones is 1. The standard InChI is InChI=1S/C19H19ClO4/c1-13(21)17-12-19(24-23-18(17,2)22,14-6-4-3-5-7-14)15-8-10-16(20)11-9-15/h3-11,17,22H,12H2,1-2H3. The fourth-order valence-electron chi connectivity index (χ4n) is 3.17. The van der Waals surface area contributed by atoms with Gasteiger partial charge in [-0.1, -0.05) is 54.1 Å². The van der Waals surface area contributed by atoms with Crippen molar-refractivity contribution in [3.8, 4) is 0 Å². The van der Waals surface area contributed by atoms with Gasteiger partial charge in [-0.15, -0.1) is 0 Å². The molecular formula is C19H19ClO4. The predicted molar refractivity (Wildman–Crippen MR) is 90.3 cm³/mol. The molecule has 2 aromatic rings. The minimum atomic E-state index is -1.67. The molecule has 1 heterocycles. The Hall–Kier alpha value is -1.72. The Bertz CT molecular complexity index is 727. The zero-order valence-corrected chi connectivity index (χ0v) is 14.3. The van der Waals surface area contributed by atoms with Crippen LogP contribution in [0.3, 0.4) is 0 Å². The van der Waals surface area contributed by atoms with Gasteiger partial charge in [0.15, 0.2) is 5.60 Å². The lowest BCUT2D eigenvalue weighted by molar-refractivity contribution is -0.487. The van der Waals surface area contributed by atoms with Crippen molar-refractivity contribution in [2.45, 2.75) is 31.7 Å². The summed E-state index contributed by atoms with van der Waals surface area (Å²) in [7, 11) is 0. The van der Waals surface area contributed by atoms with Crippen LogP contribution in [0.25, 0.3) is 0 Å². The molecule has 0 saturated carbocycles. The second-order valence-corrected chi connectivity index (χ2v) is 6.73. The molecule has 3 rings (SSSR count). The third-order valence-corrected chi connectivity index (χ3v) is 4.78. The highest BCUT2D eigenvalue weighted by Crippen LogP contribution is 2.47. The molecule has 3 atom stereocenters. The molecule has 1 aliphatic heterocycles. The maximum absolute atomic E-state index is 12.1. The van der Waals surface area contributed by atoms with Gasteiger partial charge in [-0.25, -0.2) is 4.89 Å². The van der Waals surface area contributed by atoms with Gasteiger partial charge >= 0.3 is 0 Å². The molecule has 0 aliphatic carbocycles. The number of hydrogen-bond acceptors (Lipinski definition) is 4. The van der Waals surface area contributed by atoms with Gasteiger partial charge in [0.25, 0.3) is 0 Å². The van der Waals surface area contributed by atoms with Crippen LogP contribution >= 0.6 is 11.6 Å². The van der Waals surface area contributed by atoms with E-state index < -0.39 is 17.3 Å². The third-order valence-electron chi connectivity index (χ3n) is 4.53. The van der Waals surface area contributed by atoms with Crippen LogP contribution in [-0.2, 0) is 20.2 Å². The first-order valence-electron chi connectivity index (χ1n) is 7.76. The topological polar surface area (TPSA) is 55.8 Å². The van der Waals surface area contributed by atoms with Crippen molar-refractivity contribution in [2.24, 2.45) is 5.92 Å². The van der Waals surface area contributed by atoms with Crippen LogP contribution < -0.4 is 0 Å². The average Bonchev–Trinajstić information content (AvgIpc) is 2.56. The van der Waals surface area contributed by atoms with E-state index in [2.05, 4.69) is 0 Å². The largest absolute Gasteiger partial charge is 0.363 e. The lowest BCUT2D eigenvalue weighted by Gasteiger charge is -2.45. The van der Waals surface area contributed by atoms with Gasteiger partial charge in [0.1, 0.15) is 5.78 Å². The van der Waals surface area contributed by atoms with Gasteiger partial charge in [0, 0.05) is 11.4 Å². The van der Waals surface area contributed by atoms with Gasteiger partial charge in [-0.2, -0.15) is 4.89 Å². The normalized spacial score (nSPS) is 30.1. The summed E-state index contributed by atoms with van der Waals surface area (Å²) in [5, 5.41) is 11.0. The number of halogens is 1. The van der Waals surface area contributed by atoms with Crippen LogP contribution in [0.5, 0.6) is 0 Å². The molecule has 0 spiro atoms. The zero-order chi connectivity index (χ0) is 17.4. The smallest absolute Gasteiger partial charge is 0.206 e. The quantitative estimate of drug-likeness (QED) is 0.858. The maximum Gasteiger partial charge on any atom is 0.206 e. The van der Waals surface area contributed by atoms with Crippen molar-refractivity contribution in [3.05, 3.63) is 70.7 Å². The summed E-state index contributed by atoms with van der Waals surface area (Å²) < 4.78 is 0. The minimum Gasteiger partial charge on any atom is -0.363 e. The molecule has 1 saturated heterocycles.